The van der Waals surface area contributed by atoms with E-state index in [9.17, 15) is 20.1 Å². The van der Waals surface area contributed by atoms with Crippen LogP contribution in [-0.4, -0.2) is 39.9 Å². The Morgan fingerprint density at radius 1 is 1.28 bits per heavy atom. The Kier molecular flexibility index (Phi) is 3.51. The van der Waals surface area contributed by atoms with Gasteiger partial charge in [-0.2, -0.15) is 0 Å². The van der Waals surface area contributed by atoms with Gasteiger partial charge in [-0.3, -0.25) is 4.79 Å². The molecule has 1 aliphatic heterocycles. The molecule has 0 radical (unpaired) electrons. The molecule has 1 saturated carbocycles. The number of ether oxygens (including phenoxy) is 1. The molecule has 5 atom stereocenters. The standard InChI is InChI=1S/C20H26O5/c1-10(21)7-12-15(22)11-8-13-18-19(2,9-25-13)5-4-6-20(18,3)14(11)17(24)16(12)23/h8,10,13,18,21-22,24H,4-7,9H2,1-3H3/t10-,13+,18-,19+,20+/m0/s1. The minimum atomic E-state index is -0.774. The van der Waals surface area contributed by atoms with Gasteiger partial charge in [0, 0.05) is 34.5 Å². The Hall–Kier alpha value is -1.59. The van der Waals surface area contributed by atoms with Crippen molar-refractivity contribution in [3.63, 3.8) is 0 Å². The maximum atomic E-state index is 12.7. The molecule has 0 bridgehead atoms. The second-order valence-corrected chi connectivity index (χ2v) is 8.69. The van der Waals surface area contributed by atoms with Crippen molar-refractivity contribution in [1.82, 2.24) is 0 Å². The molecule has 136 valence electrons. The molecule has 0 amide bonds. The summed E-state index contributed by atoms with van der Waals surface area (Å²) in [6.45, 7) is 6.54. The summed E-state index contributed by atoms with van der Waals surface area (Å²) < 4.78 is 6.07. The summed E-state index contributed by atoms with van der Waals surface area (Å²) in [6.07, 6.45) is 3.93. The van der Waals surface area contributed by atoms with Crippen molar-refractivity contribution in [1.29, 1.82) is 0 Å². The quantitative estimate of drug-likeness (QED) is 0.715. The Labute approximate surface area is 147 Å². The van der Waals surface area contributed by atoms with Crippen LogP contribution in [-0.2, 0) is 9.53 Å². The van der Waals surface area contributed by atoms with E-state index in [0.717, 1.165) is 19.3 Å². The number of carbonyl (C=O) groups is 1. The van der Waals surface area contributed by atoms with Crippen molar-refractivity contribution in [2.24, 2.45) is 16.7 Å². The number of aliphatic hydroxyl groups is 3. The van der Waals surface area contributed by atoms with Crippen LogP contribution in [0.3, 0.4) is 0 Å². The minimum Gasteiger partial charge on any atom is -0.507 e. The first-order valence-corrected chi connectivity index (χ1v) is 9.12. The maximum absolute atomic E-state index is 12.7. The largest absolute Gasteiger partial charge is 0.507 e. The Morgan fingerprint density at radius 3 is 2.68 bits per heavy atom. The second-order valence-electron chi connectivity index (χ2n) is 8.69. The molecular formula is C20H26O5. The Bertz CT molecular complexity index is 743. The SMILES string of the molecule is C[C@H](O)CC1=C(O)C2=C[C@H]3OC[C@@]4(C)CCC[C@](C)(C2=C(O)C1=O)[C@@H]34. The topological polar surface area (TPSA) is 87.0 Å². The van der Waals surface area contributed by atoms with Gasteiger partial charge in [-0.05, 0) is 31.3 Å². The van der Waals surface area contributed by atoms with Gasteiger partial charge in [-0.15, -0.1) is 0 Å². The van der Waals surface area contributed by atoms with E-state index in [2.05, 4.69) is 13.8 Å². The monoisotopic (exact) mass is 346 g/mol. The molecule has 5 nitrogen and oxygen atoms in total. The zero-order valence-electron chi connectivity index (χ0n) is 15.0. The summed E-state index contributed by atoms with van der Waals surface area (Å²) in [5.41, 5.74) is 0.795. The van der Waals surface area contributed by atoms with Crippen LogP contribution in [0.1, 0.15) is 46.5 Å². The van der Waals surface area contributed by atoms with Crippen LogP contribution in [0, 0.1) is 16.7 Å². The maximum Gasteiger partial charge on any atom is 0.227 e. The van der Waals surface area contributed by atoms with Crippen molar-refractivity contribution in [2.45, 2.75) is 58.7 Å². The molecule has 1 heterocycles. The molecule has 5 heteroatoms. The van der Waals surface area contributed by atoms with Gasteiger partial charge in [-0.25, -0.2) is 0 Å². The van der Waals surface area contributed by atoms with Crippen molar-refractivity contribution in [2.75, 3.05) is 6.61 Å². The van der Waals surface area contributed by atoms with E-state index in [4.69, 9.17) is 4.74 Å². The van der Waals surface area contributed by atoms with Gasteiger partial charge < -0.3 is 20.1 Å². The number of hydrogen-bond acceptors (Lipinski definition) is 5. The van der Waals surface area contributed by atoms with Crippen LogP contribution in [0.2, 0.25) is 0 Å². The Balaban J connectivity index is 1.92. The highest BCUT2D eigenvalue weighted by molar-refractivity contribution is 6.10. The van der Waals surface area contributed by atoms with E-state index >= 15 is 0 Å². The normalized spacial score (nSPS) is 41.4. The molecular weight excluding hydrogens is 320 g/mol. The third-order valence-electron chi connectivity index (χ3n) is 6.75. The number of aliphatic hydroxyl groups excluding tert-OH is 3. The van der Waals surface area contributed by atoms with Gasteiger partial charge in [0.1, 0.15) is 5.76 Å². The van der Waals surface area contributed by atoms with E-state index < -0.39 is 17.3 Å². The van der Waals surface area contributed by atoms with Gasteiger partial charge in [0.25, 0.3) is 0 Å². The van der Waals surface area contributed by atoms with E-state index in [0.29, 0.717) is 17.8 Å². The fraction of sp³-hybridized carbons (Fsp3) is 0.650. The Morgan fingerprint density at radius 2 is 2.00 bits per heavy atom. The predicted octanol–water partition coefficient (Wildman–Crippen LogP) is 3.12. The van der Waals surface area contributed by atoms with Crippen LogP contribution in [0.25, 0.3) is 0 Å². The van der Waals surface area contributed by atoms with Crippen molar-refractivity contribution >= 4 is 5.78 Å². The average Bonchev–Trinajstić information content (AvgIpc) is 2.87. The second kappa shape index (κ2) is 5.21. The molecule has 0 aromatic carbocycles. The molecule has 0 spiro atoms. The number of ketones is 1. The van der Waals surface area contributed by atoms with Gasteiger partial charge in [0.05, 0.1) is 18.8 Å². The number of hydrogen-bond donors (Lipinski definition) is 3. The molecule has 4 aliphatic rings. The average molecular weight is 346 g/mol. The first-order chi connectivity index (χ1) is 11.7. The van der Waals surface area contributed by atoms with Gasteiger partial charge >= 0.3 is 0 Å². The van der Waals surface area contributed by atoms with Crippen LogP contribution in [0.15, 0.2) is 34.3 Å². The fourth-order valence-electron chi connectivity index (χ4n) is 5.83. The number of rotatable bonds is 2. The molecule has 25 heavy (non-hydrogen) atoms. The summed E-state index contributed by atoms with van der Waals surface area (Å²) in [5, 5.41) is 31.2. The number of fused-ring (bicyclic) bond motifs is 2. The van der Waals surface area contributed by atoms with Crippen molar-refractivity contribution in [3.05, 3.63) is 34.3 Å². The highest BCUT2D eigenvalue weighted by atomic mass is 16.5. The van der Waals surface area contributed by atoms with Crippen LogP contribution in [0.5, 0.6) is 0 Å². The first-order valence-electron chi connectivity index (χ1n) is 9.12. The third-order valence-corrected chi connectivity index (χ3v) is 6.75. The van der Waals surface area contributed by atoms with Crippen LogP contribution >= 0.6 is 0 Å². The molecule has 3 N–H and O–H groups in total. The lowest BCUT2D eigenvalue weighted by Gasteiger charge is -2.53. The zero-order chi connectivity index (χ0) is 18.1. The fourth-order valence-corrected chi connectivity index (χ4v) is 5.83. The predicted molar refractivity (Wildman–Crippen MR) is 92.0 cm³/mol. The first kappa shape index (κ1) is 16.9. The van der Waals surface area contributed by atoms with E-state index in [-0.39, 0.29) is 40.9 Å². The third kappa shape index (κ3) is 2.12. The zero-order valence-corrected chi connectivity index (χ0v) is 15.0. The summed E-state index contributed by atoms with van der Waals surface area (Å²) >= 11 is 0. The molecule has 0 aromatic heterocycles. The number of Topliss-reactive ketones (excluding diaryl/α,β-unsaturated/α-hetero) is 1. The lowest BCUT2D eigenvalue weighted by molar-refractivity contribution is -0.115. The van der Waals surface area contributed by atoms with E-state index in [1.807, 2.05) is 6.08 Å². The van der Waals surface area contributed by atoms with Crippen LogP contribution in [0.4, 0.5) is 0 Å². The van der Waals surface area contributed by atoms with Crippen molar-refractivity contribution < 1.29 is 24.9 Å². The molecule has 2 fully saturated rings. The van der Waals surface area contributed by atoms with E-state index in [1.165, 1.54) is 0 Å². The van der Waals surface area contributed by atoms with Gasteiger partial charge in [-0.1, -0.05) is 20.3 Å². The smallest absolute Gasteiger partial charge is 0.227 e. The number of carbonyl (C=O) groups excluding carboxylic acids is 1. The van der Waals surface area contributed by atoms with E-state index in [1.54, 1.807) is 6.92 Å². The molecule has 0 aromatic rings. The number of allylic oxidation sites excluding steroid dienone is 2. The summed E-state index contributed by atoms with van der Waals surface area (Å²) in [7, 11) is 0. The molecule has 3 aliphatic carbocycles. The van der Waals surface area contributed by atoms with Gasteiger partial charge in [0.15, 0.2) is 5.76 Å². The summed E-state index contributed by atoms with van der Waals surface area (Å²) in [5.74, 6) is -0.747. The summed E-state index contributed by atoms with van der Waals surface area (Å²) in [4.78, 5) is 12.7. The molecule has 1 saturated heterocycles. The highest BCUT2D eigenvalue weighted by Crippen LogP contribution is 2.64. The minimum absolute atomic E-state index is 0.0166. The lowest BCUT2D eigenvalue weighted by atomic mass is 9.49. The highest BCUT2D eigenvalue weighted by Gasteiger charge is 2.61. The summed E-state index contributed by atoms with van der Waals surface area (Å²) in [6, 6.07) is 0. The van der Waals surface area contributed by atoms with Crippen molar-refractivity contribution in [3.8, 4) is 0 Å². The van der Waals surface area contributed by atoms with Gasteiger partial charge in [0.2, 0.25) is 5.78 Å². The molecule has 4 rings (SSSR count). The lowest BCUT2D eigenvalue weighted by Crippen LogP contribution is -2.50. The molecule has 0 unspecified atom stereocenters. The van der Waals surface area contributed by atoms with Crippen LogP contribution < -0.4 is 0 Å².